The largest absolute Gasteiger partial charge is 0.474 e. The van der Waals surface area contributed by atoms with Gasteiger partial charge in [-0.1, -0.05) is 12.1 Å². The van der Waals surface area contributed by atoms with Gasteiger partial charge in [-0.3, -0.25) is 0 Å². The van der Waals surface area contributed by atoms with Crippen LogP contribution in [0.15, 0.2) is 30.3 Å². The number of halogens is 1. The van der Waals surface area contributed by atoms with Crippen molar-refractivity contribution in [3.05, 3.63) is 47.3 Å². The molecule has 0 amide bonds. The van der Waals surface area contributed by atoms with Crippen LogP contribution >= 0.6 is 0 Å². The minimum Gasteiger partial charge on any atom is -0.474 e. The van der Waals surface area contributed by atoms with E-state index in [2.05, 4.69) is 28.6 Å². The van der Waals surface area contributed by atoms with Crippen molar-refractivity contribution in [2.75, 3.05) is 17.2 Å². The van der Waals surface area contributed by atoms with Crippen LogP contribution in [-0.2, 0) is 6.42 Å². The van der Waals surface area contributed by atoms with Gasteiger partial charge in [-0.05, 0) is 43.5 Å². The quantitative estimate of drug-likeness (QED) is 0.906. The molecule has 4 nitrogen and oxygen atoms in total. The molecule has 1 aromatic carbocycles. The van der Waals surface area contributed by atoms with Crippen molar-refractivity contribution >= 4 is 11.5 Å². The number of nitrogens with one attached hydrogen (secondary N) is 2. The third kappa shape index (κ3) is 3.23. The van der Waals surface area contributed by atoms with Gasteiger partial charge in [-0.15, -0.1) is 0 Å². The van der Waals surface area contributed by atoms with Crippen LogP contribution in [0.3, 0.4) is 0 Å². The molecule has 2 aromatic rings. The zero-order valence-corrected chi connectivity index (χ0v) is 13.1. The number of fused-ring (bicyclic) bond motifs is 1. The van der Waals surface area contributed by atoms with Crippen LogP contribution < -0.4 is 15.4 Å². The van der Waals surface area contributed by atoms with E-state index in [4.69, 9.17) is 4.74 Å². The van der Waals surface area contributed by atoms with Gasteiger partial charge in [0.25, 0.3) is 0 Å². The third-order valence-corrected chi connectivity index (χ3v) is 4.16. The molecule has 1 aromatic heterocycles. The van der Waals surface area contributed by atoms with Gasteiger partial charge in [-0.25, -0.2) is 4.39 Å². The molecule has 0 saturated heterocycles. The summed E-state index contributed by atoms with van der Waals surface area (Å²) in [6, 6.07) is 9.53. The van der Waals surface area contributed by atoms with Gasteiger partial charge < -0.3 is 15.4 Å². The summed E-state index contributed by atoms with van der Waals surface area (Å²) < 4.78 is 18.8. The summed E-state index contributed by atoms with van der Waals surface area (Å²) in [6.07, 6.45) is 3.08. The lowest BCUT2D eigenvalue weighted by Gasteiger charge is -2.25. The van der Waals surface area contributed by atoms with Crippen LogP contribution in [0, 0.1) is 5.82 Å². The first-order valence-corrected chi connectivity index (χ1v) is 8.11. The van der Waals surface area contributed by atoms with Crippen LogP contribution in [0.1, 0.15) is 30.9 Å². The summed E-state index contributed by atoms with van der Waals surface area (Å²) in [5.41, 5.74) is 3.10. The number of pyridine rings is 1. The molecule has 23 heavy (non-hydrogen) atoms. The third-order valence-electron chi connectivity index (χ3n) is 4.16. The Hall–Kier alpha value is -2.30. The topological polar surface area (TPSA) is 46.2 Å². The molecule has 4 rings (SSSR count). The molecule has 1 atom stereocenters. The molecule has 2 aliphatic rings. The molecule has 0 bridgehead atoms. The van der Waals surface area contributed by atoms with E-state index in [1.807, 2.05) is 12.1 Å². The summed E-state index contributed by atoms with van der Waals surface area (Å²) >= 11 is 0. The standard InChI is InChI=1S/C18H20FN3O/c1-11-10-23-18-16(20-11)9-13(17(22-18)21-15-6-7-15)8-12-2-4-14(19)5-3-12/h2-5,9,11,15,20H,6-8,10H2,1H3,(H,21,22). The fraction of sp³-hybridized carbons (Fsp3) is 0.389. The summed E-state index contributed by atoms with van der Waals surface area (Å²) in [7, 11) is 0. The number of rotatable bonds is 4. The van der Waals surface area contributed by atoms with Gasteiger partial charge >= 0.3 is 0 Å². The Balaban J connectivity index is 1.67. The second-order valence-electron chi connectivity index (χ2n) is 6.43. The second kappa shape index (κ2) is 5.72. The molecule has 1 unspecified atom stereocenters. The second-order valence-corrected chi connectivity index (χ2v) is 6.43. The first-order valence-electron chi connectivity index (χ1n) is 8.11. The number of ether oxygens (including phenoxy) is 1. The van der Waals surface area contributed by atoms with Crippen LogP contribution in [0.5, 0.6) is 5.88 Å². The first kappa shape index (κ1) is 14.3. The Bertz CT molecular complexity index is 713. The predicted molar refractivity (Wildman–Crippen MR) is 88.7 cm³/mol. The molecule has 1 fully saturated rings. The van der Waals surface area contributed by atoms with Gasteiger partial charge in [0.15, 0.2) is 0 Å². The van der Waals surface area contributed by atoms with Gasteiger partial charge in [0.05, 0.1) is 11.7 Å². The summed E-state index contributed by atoms with van der Waals surface area (Å²) in [6.45, 7) is 2.71. The molecule has 5 heteroatoms. The maximum Gasteiger partial charge on any atom is 0.239 e. The van der Waals surface area contributed by atoms with Crippen molar-refractivity contribution in [3.8, 4) is 5.88 Å². The van der Waals surface area contributed by atoms with Crippen LogP contribution in [0.4, 0.5) is 15.9 Å². The van der Waals surface area contributed by atoms with Crippen molar-refractivity contribution in [3.63, 3.8) is 0 Å². The molecule has 0 spiro atoms. The number of benzene rings is 1. The van der Waals surface area contributed by atoms with E-state index in [1.54, 1.807) is 0 Å². The summed E-state index contributed by atoms with van der Waals surface area (Å²) in [5, 5.41) is 6.90. The highest BCUT2D eigenvalue weighted by molar-refractivity contribution is 5.63. The highest BCUT2D eigenvalue weighted by Gasteiger charge is 2.25. The van der Waals surface area contributed by atoms with E-state index in [0.29, 0.717) is 24.9 Å². The Morgan fingerprint density at radius 2 is 2.09 bits per heavy atom. The predicted octanol–water partition coefficient (Wildman–Crippen LogP) is 3.58. The molecule has 2 heterocycles. The van der Waals surface area contributed by atoms with E-state index in [9.17, 15) is 4.39 Å². The fourth-order valence-electron chi connectivity index (χ4n) is 2.77. The average Bonchev–Trinajstić information content (AvgIpc) is 3.34. The minimum absolute atomic E-state index is 0.211. The number of nitrogens with zero attached hydrogens (tertiary/aromatic N) is 1. The van der Waals surface area contributed by atoms with Gasteiger partial charge in [0.2, 0.25) is 5.88 Å². The number of aromatic nitrogens is 1. The lowest BCUT2D eigenvalue weighted by atomic mass is 10.0. The van der Waals surface area contributed by atoms with Gasteiger partial charge in [-0.2, -0.15) is 4.98 Å². The highest BCUT2D eigenvalue weighted by atomic mass is 19.1. The van der Waals surface area contributed by atoms with E-state index in [0.717, 1.165) is 22.6 Å². The van der Waals surface area contributed by atoms with Crippen molar-refractivity contribution in [1.29, 1.82) is 0 Å². The Morgan fingerprint density at radius 1 is 1.30 bits per heavy atom. The van der Waals surface area contributed by atoms with Crippen molar-refractivity contribution in [2.24, 2.45) is 0 Å². The zero-order valence-electron chi connectivity index (χ0n) is 13.1. The van der Waals surface area contributed by atoms with Crippen molar-refractivity contribution < 1.29 is 9.13 Å². The molecule has 120 valence electrons. The Morgan fingerprint density at radius 3 is 2.83 bits per heavy atom. The minimum atomic E-state index is -0.211. The van der Waals surface area contributed by atoms with Crippen molar-refractivity contribution in [1.82, 2.24) is 4.98 Å². The average molecular weight is 313 g/mol. The molecule has 1 aliphatic carbocycles. The zero-order chi connectivity index (χ0) is 15.8. The summed E-state index contributed by atoms with van der Waals surface area (Å²) in [4.78, 5) is 4.67. The SMILES string of the molecule is CC1COc2nc(NC3CC3)c(Cc3ccc(F)cc3)cc2N1. The van der Waals surface area contributed by atoms with Crippen molar-refractivity contribution in [2.45, 2.75) is 38.3 Å². The summed E-state index contributed by atoms with van der Waals surface area (Å²) in [5.74, 6) is 1.33. The van der Waals surface area contributed by atoms with Gasteiger partial charge in [0.1, 0.15) is 18.2 Å². The van der Waals surface area contributed by atoms with E-state index in [-0.39, 0.29) is 11.9 Å². The number of anilines is 2. The number of hydrogen-bond acceptors (Lipinski definition) is 4. The van der Waals surface area contributed by atoms with Crippen LogP contribution in [0.25, 0.3) is 0 Å². The lowest BCUT2D eigenvalue weighted by Crippen LogP contribution is -2.29. The molecular weight excluding hydrogens is 293 g/mol. The lowest BCUT2D eigenvalue weighted by molar-refractivity contribution is 0.281. The fourth-order valence-corrected chi connectivity index (χ4v) is 2.77. The van der Waals surface area contributed by atoms with E-state index < -0.39 is 0 Å². The Kier molecular flexibility index (Phi) is 3.56. The molecular formula is C18H20FN3O. The molecule has 2 N–H and O–H groups in total. The van der Waals surface area contributed by atoms with Gasteiger partial charge in [0, 0.05) is 18.0 Å². The highest BCUT2D eigenvalue weighted by Crippen LogP contribution is 2.34. The number of hydrogen-bond donors (Lipinski definition) is 2. The maximum absolute atomic E-state index is 13.1. The monoisotopic (exact) mass is 313 g/mol. The smallest absolute Gasteiger partial charge is 0.239 e. The molecule has 1 aliphatic heterocycles. The maximum atomic E-state index is 13.1. The van der Waals surface area contributed by atoms with E-state index >= 15 is 0 Å². The Labute approximate surface area is 135 Å². The van der Waals surface area contributed by atoms with Crippen LogP contribution in [0.2, 0.25) is 0 Å². The van der Waals surface area contributed by atoms with Crippen LogP contribution in [-0.4, -0.2) is 23.7 Å². The normalized spacial score (nSPS) is 19.5. The molecule has 0 radical (unpaired) electrons. The van der Waals surface area contributed by atoms with E-state index in [1.165, 1.54) is 25.0 Å². The molecule has 1 saturated carbocycles. The first-order chi connectivity index (χ1) is 11.2.